The van der Waals surface area contributed by atoms with Crippen LogP contribution < -0.4 is 10.4 Å². The van der Waals surface area contributed by atoms with Crippen LogP contribution in [0.25, 0.3) is 0 Å². The van der Waals surface area contributed by atoms with Crippen molar-refractivity contribution in [1.29, 1.82) is 0 Å². The summed E-state index contributed by atoms with van der Waals surface area (Å²) < 4.78 is 37.1. The van der Waals surface area contributed by atoms with E-state index in [9.17, 15) is 17.6 Å². The van der Waals surface area contributed by atoms with E-state index in [-0.39, 0.29) is 11.5 Å². The first-order chi connectivity index (χ1) is 15.6. The molecule has 0 spiro atoms. The van der Waals surface area contributed by atoms with Gasteiger partial charge in [0.05, 0.1) is 23.1 Å². The third-order valence-corrected chi connectivity index (χ3v) is 7.44. The zero-order valence-corrected chi connectivity index (χ0v) is 19.3. The van der Waals surface area contributed by atoms with Gasteiger partial charge in [0.2, 0.25) is 0 Å². The second-order valence-electron chi connectivity index (χ2n) is 8.27. The lowest BCUT2D eigenvalue weighted by molar-refractivity contribution is 0.0700. The van der Waals surface area contributed by atoms with Crippen molar-refractivity contribution in [2.24, 2.45) is 0 Å². The van der Waals surface area contributed by atoms with Crippen molar-refractivity contribution in [2.75, 3.05) is 37.8 Å². The molecule has 0 bridgehead atoms. The highest BCUT2D eigenvalue weighted by Crippen LogP contribution is 2.30. The van der Waals surface area contributed by atoms with E-state index in [1.165, 1.54) is 30.7 Å². The van der Waals surface area contributed by atoms with Gasteiger partial charge >= 0.3 is 0 Å². The molecule has 0 radical (unpaired) electrons. The zero-order valence-electron chi connectivity index (χ0n) is 18.5. The number of likely N-dealkylation sites (tertiary alicyclic amines) is 1. The average Bonchev–Trinajstić information content (AvgIpc) is 3.27. The third-order valence-electron chi connectivity index (χ3n) is 5.84. The molecule has 1 aliphatic heterocycles. The number of nitrogens with zero attached hydrogens (tertiary/aromatic N) is 3. The van der Waals surface area contributed by atoms with Crippen molar-refractivity contribution < 1.29 is 22.8 Å². The summed E-state index contributed by atoms with van der Waals surface area (Å²) >= 11 is 0. The van der Waals surface area contributed by atoms with Crippen LogP contribution in [0.2, 0.25) is 0 Å². The van der Waals surface area contributed by atoms with E-state index in [4.69, 9.17) is 11.6 Å². The van der Waals surface area contributed by atoms with Gasteiger partial charge in [-0.05, 0) is 42.3 Å². The number of hydroxylamine groups is 1. The third kappa shape index (κ3) is 6.07. The number of hydrogen-bond acceptors (Lipinski definition) is 7. The molecular formula is C23H27FN4O4S. The van der Waals surface area contributed by atoms with Crippen LogP contribution in [0, 0.1) is 18.2 Å². The smallest absolute Gasteiger partial charge is 0.293 e. The lowest BCUT2D eigenvalue weighted by atomic mass is 9.96. The molecule has 1 aromatic heterocycles. The SMILES string of the molecule is C#CC(CN1CCC(S(C)(=O)=O)C1)c1cc(C(=O)NO)ncc1N(C)Cc1ccc(F)cc1. The predicted octanol–water partition coefficient (Wildman–Crippen LogP) is 1.81. The molecule has 2 heterocycles. The molecule has 0 aliphatic carbocycles. The van der Waals surface area contributed by atoms with Gasteiger partial charge in [-0.15, -0.1) is 6.42 Å². The molecule has 2 N–H and O–H groups in total. The van der Waals surface area contributed by atoms with E-state index in [2.05, 4.69) is 10.9 Å². The Morgan fingerprint density at radius 1 is 1.42 bits per heavy atom. The predicted molar refractivity (Wildman–Crippen MR) is 123 cm³/mol. The molecule has 3 rings (SSSR count). The van der Waals surface area contributed by atoms with Gasteiger partial charge in [0.15, 0.2) is 9.84 Å². The minimum Gasteiger partial charge on any atom is -0.369 e. The number of amides is 1. The van der Waals surface area contributed by atoms with Gasteiger partial charge in [0.1, 0.15) is 11.5 Å². The molecule has 1 aromatic carbocycles. The van der Waals surface area contributed by atoms with Crippen LogP contribution in [0.15, 0.2) is 36.5 Å². The Balaban J connectivity index is 1.90. The Kier molecular flexibility index (Phi) is 7.68. The summed E-state index contributed by atoms with van der Waals surface area (Å²) in [5.74, 6) is 1.21. The Morgan fingerprint density at radius 2 is 2.12 bits per heavy atom. The fourth-order valence-electron chi connectivity index (χ4n) is 4.00. The number of carbonyl (C=O) groups excluding carboxylic acids is 1. The molecule has 10 heteroatoms. The van der Waals surface area contributed by atoms with Crippen LogP contribution in [-0.2, 0) is 16.4 Å². The number of terminal acetylenes is 1. The molecule has 1 aliphatic rings. The van der Waals surface area contributed by atoms with E-state index in [1.807, 2.05) is 16.8 Å². The zero-order chi connectivity index (χ0) is 24.2. The largest absolute Gasteiger partial charge is 0.369 e. The van der Waals surface area contributed by atoms with E-state index in [0.717, 1.165) is 5.56 Å². The van der Waals surface area contributed by atoms with Crippen molar-refractivity contribution in [2.45, 2.75) is 24.1 Å². The molecule has 2 aromatic rings. The standard InChI is InChI=1S/C23H27FN4O4S/c1-4-17(14-28-10-9-19(15-28)33(3,31)32)20-11-21(23(29)26-30)25-12-22(20)27(2)13-16-5-7-18(24)8-6-16/h1,5-8,11-12,17,19,30H,9-10,13-15H2,2-3H3,(H,26,29). The number of benzene rings is 1. The van der Waals surface area contributed by atoms with Gasteiger partial charge < -0.3 is 9.80 Å². The molecule has 1 fully saturated rings. The number of nitrogens with one attached hydrogen (secondary N) is 1. The summed E-state index contributed by atoms with van der Waals surface area (Å²) in [4.78, 5) is 20.0. The van der Waals surface area contributed by atoms with Crippen molar-refractivity contribution in [3.8, 4) is 12.3 Å². The van der Waals surface area contributed by atoms with E-state index in [0.29, 0.717) is 43.9 Å². The topological polar surface area (TPSA) is 103 Å². The summed E-state index contributed by atoms with van der Waals surface area (Å²) in [6.07, 6.45) is 9.17. The molecular weight excluding hydrogens is 447 g/mol. The highest BCUT2D eigenvalue weighted by molar-refractivity contribution is 7.91. The number of anilines is 1. The lowest BCUT2D eigenvalue weighted by Crippen LogP contribution is -2.30. The normalized spacial score (nSPS) is 17.4. The summed E-state index contributed by atoms with van der Waals surface area (Å²) in [5, 5.41) is 8.59. The van der Waals surface area contributed by atoms with Gasteiger partial charge in [0.25, 0.3) is 5.91 Å². The number of sulfone groups is 1. The number of hydrogen-bond donors (Lipinski definition) is 2. The van der Waals surface area contributed by atoms with Gasteiger partial charge in [-0.1, -0.05) is 18.1 Å². The first-order valence-electron chi connectivity index (χ1n) is 10.4. The fourth-order valence-corrected chi connectivity index (χ4v) is 5.02. The first-order valence-corrected chi connectivity index (χ1v) is 12.3. The molecule has 1 saturated heterocycles. The summed E-state index contributed by atoms with van der Waals surface area (Å²) in [6.45, 7) is 1.85. The number of aromatic nitrogens is 1. The van der Waals surface area contributed by atoms with E-state index < -0.39 is 26.9 Å². The second-order valence-corrected chi connectivity index (χ2v) is 10.6. The fraction of sp³-hybridized carbons (Fsp3) is 0.391. The molecule has 176 valence electrons. The highest BCUT2D eigenvalue weighted by Gasteiger charge is 2.32. The summed E-state index contributed by atoms with van der Waals surface area (Å²) in [6, 6.07) is 7.66. The number of rotatable bonds is 8. The quantitative estimate of drug-likeness (QED) is 0.342. The van der Waals surface area contributed by atoms with Crippen LogP contribution in [0.5, 0.6) is 0 Å². The Hall–Kier alpha value is -3.00. The first kappa shape index (κ1) is 24.6. The average molecular weight is 475 g/mol. The van der Waals surface area contributed by atoms with Gasteiger partial charge in [-0.25, -0.2) is 23.3 Å². The van der Waals surface area contributed by atoms with Crippen LogP contribution >= 0.6 is 0 Å². The van der Waals surface area contributed by atoms with Gasteiger partial charge in [0, 0.05) is 32.9 Å². The van der Waals surface area contributed by atoms with E-state index in [1.54, 1.807) is 17.6 Å². The number of halogens is 1. The van der Waals surface area contributed by atoms with Crippen molar-refractivity contribution in [3.63, 3.8) is 0 Å². The Morgan fingerprint density at radius 3 is 2.70 bits per heavy atom. The Bertz CT molecular complexity index is 1150. The number of carbonyl (C=O) groups is 1. The molecule has 0 saturated carbocycles. The van der Waals surface area contributed by atoms with Crippen LogP contribution in [-0.4, -0.2) is 67.6 Å². The molecule has 1 amide bonds. The van der Waals surface area contributed by atoms with Crippen molar-refractivity contribution >= 4 is 21.4 Å². The Labute approximate surface area is 193 Å². The molecule has 33 heavy (non-hydrogen) atoms. The van der Waals surface area contributed by atoms with Crippen LogP contribution in [0.4, 0.5) is 10.1 Å². The molecule has 2 unspecified atom stereocenters. The minimum absolute atomic E-state index is 0.00196. The highest BCUT2D eigenvalue weighted by atomic mass is 32.2. The second kappa shape index (κ2) is 10.3. The van der Waals surface area contributed by atoms with Crippen molar-refractivity contribution in [1.82, 2.24) is 15.4 Å². The lowest BCUT2D eigenvalue weighted by Gasteiger charge is -2.27. The van der Waals surface area contributed by atoms with Crippen LogP contribution in [0.3, 0.4) is 0 Å². The van der Waals surface area contributed by atoms with Crippen LogP contribution in [0.1, 0.15) is 34.0 Å². The maximum Gasteiger partial charge on any atom is 0.293 e. The van der Waals surface area contributed by atoms with E-state index >= 15 is 0 Å². The minimum atomic E-state index is -3.14. The maximum atomic E-state index is 13.3. The monoisotopic (exact) mass is 474 g/mol. The summed E-state index contributed by atoms with van der Waals surface area (Å²) in [7, 11) is -1.31. The number of pyridine rings is 1. The molecule has 8 nitrogen and oxygen atoms in total. The van der Waals surface area contributed by atoms with Gasteiger partial charge in [-0.3, -0.25) is 10.0 Å². The van der Waals surface area contributed by atoms with Crippen molar-refractivity contribution in [3.05, 3.63) is 59.2 Å². The van der Waals surface area contributed by atoms with Gasteiger partial charge in [-0.2, -0.15) is 0 Å². The summed E-state index contributed by atoms with van der Waals surface area (Å²) in [5.41, 5.74) is 3.78. The molecule has 2 atom stereocenters. The maximum absolute atomic E-state index is 13.3.